The molecule has 1 amide bonds. The number of carbonyl (C=O) groups excluding carboxylic acids is 1. The van der Waals surface area contributed by atoms with Crippen molar-refractivity contribution in [3.05, 3.63) is 77.9 Å². The van der Waals surface area contributed by atoms with Gasteiger partial charge in [-0.3, -0.25) is 9.78 Å². The van der Waals surface area contributed by atoms with Gasteiger partial charge in [0.1, 0.15) is 19.0 Å². The number of rotatable bonds is 6. The van der Waals surface area contributed by atoms with Gasteiger partial charge in [0.2, 0.25) is 5.91 Å². The van der Waals surface area contributed by atoms with Crippen molar-refractivity contribution < 1.29 is 23.4 Å². The van der Waals surface area contributed by atoms with Crippen LogP contribution >= 0.6 is 0 Å². The van der Waals surface area contributed by atoms with Crippen LogP contribution in [0.4, 0.5) is 4.39 Å². The molecule has 2 aliphatic rings. The van der Waals surface area contributed by atoms with Crippen molar-refractivity contribution in [1.29, 1.82) is 0 Å². The van der Waals surface area contributed by atoms with Gasteiger partial charge in [0.05, 0.1) is 19.1 Å². The van der Waals surface area contributed by atoms with E-state index in [0.29, 0.717) is 37.8 Å². The van der Waals surface area contributed by atoms with Gasteiger partial charge in [-0.1, -0.05) is 18.2 Å². The molecule has 1 atom stereocenters. The van der Waals surface area contributed by atoms with Gasteiger partial charge in [-0.25, -0.2) is 4.39 Å². The van der Waals surface area contributed by atoms with Crippen molar-refractivity contribution >= 4 is 5.91 Å². The fraction of sp³-hybridized carbons (Fsp3) is 0.357. The highest BCUT2D eigenvalue weighted by molar-refractivity contribution is 5.79. The third-order valence-electron chi connectivity index (χ3n) is 6.42. The Hall–Kier alpha value is -3.45. The second kappa shape index (κ2) is 10.9. The van der Waals surface area contributed by atoms with Gasteiger partial charge in [0, 0.05) is 36.7 Å². The monoisotopic (exact) mass is 476 g/mol. The topological polar surface area (TPSA) is 60.9 Å². The van der Waals surface area contributed by atoms with E-state index in [0.717, 1.165) is 48.1 Å². The molecule has 0 saturated carbocycles. The van der Waals surface area contributed by atoms with E-state index in [9.17, 15) is 9.18 Å². The molecule has 6 nitrogen and oxygen atoms in total. The summed E-state index contributed by atoms with van der Waals surface area (Å²) < 4.78 is 31.5. The molecule has 2 aliphatic heterocycles. The van der Waals surface area contributed by atoms with Crippen LogP contribution in [-0.4, -0.2) is 48.3 Å². The fourth-order valence-electron chi connectivity index (χ4n) is 4.51. The molecule has 3 aromatic rings. The first-order chi connectivity index (χ1) is 17.2. The number of aromatic nitrogens is 1. The number of nitrogens with zero attached hydrogens (tertiary/aromatic N) is 2. The lowest BCUT2D eigenvalue weighted by Gasteiger charge is -2.24. The molecule has 0 spiro atoms. The molecule has 182 valence electrons. The standard InChI is InChI=1S/C28H29FN2O4/c29-24-8-6-20(7-9-24)14-27(32)31-11-13-34-28-23(18-31)15-22(21-4-3-10-30-17-21)16-26(28)35-19-25-5-1-2-12-33-25/h3-4,6-10,15-17,25H,1-2,5,11-14,18-19H2/t25-/m0/s1. The van der Waals surface area contributed by atoms with Crippen LogP contribution in [0.5, 0.6) is 11.5 Å². The van der Waals surface area contributed by atoms with Crippen molar-refractivity contribution in [2.75, 3.05) is 26.4 Å². The van der Waals surface area contributed by atoms with Crippen LogP contribution in [0, 0.1) is 5.82 Å². The molecule has 5 rings (SSSR count). The van der Waals surface area contributed by atoms with Gasteiger partial charge in [0.25, 0.3) is 0 Å². The van der Waals surface area contributed by atoms with Crippen LogP contribution in [0.25, 0.3) is 11.1 Å². The first-order valence-corrected chi connectivity index (χ1v) is 12.1. The zero-order valence-electron chi connectivity index (χ0n) is 19.6. The second-order valence-electron chi connectivity index (χ2n) is 8.97. The Kier molecular flexibility index (Phi) is 7.23. The molecule has 0 bridgehead atoms. The summed E-state index contributed by atoms with van der Waals surface area (Å²) in [4.78, 5) is 19.1. The molecule has 0 unspecified atom stereocenters. The number of pyridine rings is 1. The van der Waals surface area contributed by atoms with Gasteiger partial charge in [0.15, 0.2) is 11.5 Å². The van der Waals surface area contributed by atoms with Crippen LogP contribution in [0.1, 0.15) is 30.4 Å². The van der Waals surface area contributed by atoms with E-state index < -0.39 is 0 Å². The Bertz CT molecular complexity index is 1150. The lowest BCUT2D eigenvalue weighted by molar-refractivity contribution is -0.131. The van der Waals surface area contributed by atoms with Crippen molar-refractivity contribution in [1.82, 2.24) is 9.88 Å². The molecule has 1 fully saturated rings. The Balaban J connectivity index is 1.40. The predicted octanol–water partition coefficient (Wildman–Crippen LogP) is 4.80. The maximum absolute atomic E-state index is 13.3. The third kappa shape index (κ3) is 5.80. The van der Waals surface area contributed by atoms with E-state index in [2.05, 4.69) is 4.98 Å². The first-order valence-electron chi connectivity index (χ1n) is 12.1. The Morgan fingerprint density at radius 1 is 1.11 bits per heavy atom. The van der Waals surface area contributed by atoms with Crippen molar-refractivity contribution in [3.8, 4) is 22.6 Å². The number of hydrogen-bond acceptors (Lipinski definition) is 5. The summed E-state index contributed by atoms with van der Waals surface area (Å²) in [7, 11) is 0. The van der Waals surface area contributed by atoms with Crippen LogP contribution in [0.3, 0.4) is 0 Å². The maximum Gasteiger partial charge on any atom is 0.227 e. The van der Waals surface area contributed by atoms with Crippen LogP contribution in [0.2, 0.25) is 0 Å². The first kappa shape index (κ1) is 23.3. The van der Waals surface area contributed by atoms with E-state index in [1.54, 1.807) is 23.2 Å². The average molecular weight is 477 g/mol. The Morgan fingerprint density at radius 2 is 2.00 bits per heavy atom. The summed E-state index contributed by atoms with van der Waals surface area (Å²) in [6, 6.07) is 14.0. The zero-order chi connectivity index (χ0) is 24.0. The van der Waals surface area contributed by atoms with Crippen molar-refractivity contribution in [3.63, 3.8) is 0 Å². The Morgan fingerprint density at radius 3 is 2.77 bits per heavy atom. The SMILES string of the molecule is O=C(Cc1ccc(F)cc1)N1CCOc2c(cc(-c3cccnc3)cc2OC[C@@H]2CCCCO2)C1. The van der Waals surface area contributed by atoms with E-state index in [1.807, 2.05) is 30.5 Å². The Labute approximate surface area is 204 Å². The number of benzene rings is 2. The molecule has 1 aromatic heterocycles. The molecule has 0 aliphatic carbocycles. The van der Waals surface area contributed by atoms with Gasteiger partial charge >= 0.3 is 0 Å². The van der Waals surface area contributed by atoms with Gasteiger partial charge in [-0.15, -0.1) is 0 Å². The summed E-state index contributed by atoms with van der Waals surface area (Å²) >= 11 is 0. The summed E-state index contributed by atoms with van der Waals surface area (Å²) in [5.41, 5.74) is 3.58. The highest BCUT2D eigenvalue weighted by Crippen LogP contribution is 2.39. The largest absolute Gasteiger partial charge is 0.487 e. The highest BCUT2D eigenvalue weighted by Gasteiger charge is 2.25. The summed E-state index contributed by atoms with van der Waals surface area (Å²) in [6.07, 6.45) is 7.05. The average Bonchev–Trinajstić information content (AvgIpc) is 3.12. The second-order valence-corrected chi connectivity index (χ2v) is 8.97. The molecule has 0 N–H and O–H groups in total. The zero-order valence-corrected chi connectivity index (χ0v) is 19.6. The van der Waals surface area contributed by atoms with Crippen LogP contribution in [0.15, 0.2) is 60.9 Å². The smallest absolute Gasteiger partial charge is 0.227 e. The molecule has 3 heterocycles. The van der Waals surface area contributed by atoms with Gasteiger partial charge in [-0.05, 0) is 60.7 Å². The van der Waals surface area contributed by atoms with Gasteiger partial charge in [-0.2, -0.15) is 0 Å². The number of fused-ring (bicyclic) bond motifs is 1. The third-order valence-corrected chi connectivity index (χ3v) is 6.42. The highest BCUT2D eigenvalue weighted by atomic mass is 19.1. The van der Waals surface area contributed by atoms with Gasteiger partial charge < -0.3 is 19.1 Å². The lowest BCUT2D eigenvalue weighted by Crippen LogP contribution is -2.33. The quantitative estimate of drug-likeness (QED) is 0.512. The predicted molar refractivity (Wildman–Crippen MR) is 130 cm³/mol. The normalized spacial score (nSPS) is 17.7. The number of amides is 1. The van der Waals surface area contributed by atoms with E-state index >= 15 is 0 Å². The van der Waals surface area contributed by atoms with E-state index in [-0.39, 0.29) is 24.2 Å². The number of carbonyl (C=O) groups is 1. The van der Waals surface area contributed by atoms with Crippen LogP contribution < -0.4 is 9.47 Å². The molecule has 2 aromatic carbocycles. The molecular weight excluding hydrogens is 447 g/mol. The minimum absolute atomic E-state index is 0.0297. The van der Waals surface area contributed by atoms with Crippen molar-refractivity contribution in [2.24, 2.45) is 0 Å². The lowest BCUT2D eigenvalue weighted by atomic mass is 10.0. The fourth-order valence-corrected chi connectivity index (χ4v) is 4.51. The molecule has 0 radical (unpaired) electrons. The number of hydrogen-bond donors (Lipinski definition) is 0. The molecule has 1 saturated heterocycles. The summed E-state index contributed by atoms with van der Waals surface area (Å²) in [6.45, 7) is 2.45. The maximum atomic E-state index is 13.3. The van der Waals surface area contributed by atoms with Crippen molar-refractivity contribution in [2.45, 2.75) is 38.3 Å². The summed E-state index contributed by atoms with van der Waals surface area (Å²) in [5.74, 6) is 0.985. The van der Waals surface area contributed by atoms with E-state index in [4.69, 9.17) is 14.2 Å². The summed E-state index contributed by atoms with van der Waals surface area (Å²) in [5, 5.41) is 0. The molecule has 7 heteroatoms. The van der Waals surface area contributed by atoms with Crippen LogP contribution in [-0.2, 0) is 22.5 Å². The van der Waals surface area contributed by atoms with E-state index in [1.165, 1.54) is 12.1 Å². The number of halogens is 1. The molecule has 35 heavy (non-hydrogen) atoms. The minimum atomic E-state index is -0.313. The number of ether oxygens (including phenoxy) is 3. The molecular formula is C28H29FN2O4. The minimum Gasteiger partial charge on any atom is -0.487 e.